The molecule has 0 aliphatic heterocycles. The number of benzene rings is 9. The van der Waals surface area contributed by atoms with E-state index in [1.54, 1.807) is 0 Å². The topological polar surface area (TPSA) is 14.3 Å². The summed E-state index contributed by atoms with van der Waals surface area (Å²) in [6, 6.07) is 73.5. The Morgan fingerprint density at radius 1 is 0.246 bits per heavy atom. The quantitative estimate of drug-likeness (QED) is 0.172. The average molecular weight is 724 g/mol. The number of aromatic nitrogens is 3. The maximum Gasteiger partial charge on any atom is 0.0620 e. The highest BCUT2D eigenvalue weighted by Gasteiger charge is 2.22. The highest BCUT2D eigenvalue weighted by atomic mass is 15.0. The first kappa shape index (κ1) is 30.7. The van der Waals surface area contributed by atoms with Gasteiger partial charge in [-0.3, -0.25) is 0 Å². The van der Waals surface area contributed by atoms with Gasteiger partial charge < -0.3 is 13.5 Å². The van der Waals surface area contributed by atoms with Gasteiger partial charge in [-0.2, -0.15) is 0 Å². The summed E-state index contributed by atoms with van der Waals surface area (Å²) in [6.45, 7) is 0. The van der Waals surface area contributed by atoms with Gasteiger partial charge in [-0.25, -0.2) is 0 Å². The van der Waals surface area contributed by atoms with Crippen LogP contribution in [0.15, 0.2) is 200 Å². The molecule has 3 heteroatoms. The largest absolute Gasteiger partial charge is 0.309 e. The van der Waals surface area contributed by atoms with Gasteiger partial charge in [0.15, 0.2) is 0 Å². The summed E-state index contributed by atoms with van der Waals surface area (Å²) in [5.41, 5.74) is 15.8. The normalized spacial score (nSPS) is 12.2. The van der Waals surface area contributed by atoms with Gasteiger partial charge in [-0.15, -0.1) is 0 Å². The second kappa shape index (κ2) is 11.5. The van der Waals surface area contributed by atoms with Crippen molar-refractivity contribution in [1.29, 1.82) is 0 Å². The highest BCUT2D eigenvalue weighted by molar-refractivity contribution is 6.29. The van der Waals surface area contributed by atoms with Gasteiger partial charge in [-0.05, 0) is 76.9 Å². The number of hydrogen-bond acceptors (Lipinski definition) is 0. The van der Waals surface area contributed by atoms with E-state index in [1.165, 1.54) is 104 Å². The van der Waals surface area contributed by atoms with Crippen molar-refractivity contribution in [3.63, 3.8) is 0 Å². The minimum atomic E-state index is 1.15. The molecule has 0 N–H and O–H groups in total. The molecule has 0 saturated heterocycles. The van der Waals surface area contributed by atoms with Crippen LogP contribution in [0.25, 0.3) is 115 Å². The minimum absolute atomic E-state index is 1.15. The molecule has 0 amide bonds. The zero-order valence-electron chi connectivity index (χ0n) is 30.9. The second-order valence-electron chi connectivity index (χ2n) is 15.3. The third-order valence-corrected chi connectivity index (χ3v) is 12.4. The lowest BCUT2D eigenvalue weighted by atomic mass is 10.0. The number of rotatable bonds is 4. The molecular weight excluding hydrogens is 691 g/mol. The molecule has 0 spiro atoms. The first-order valence-corrected chi connectivity index (χ1v) is 19.7. The smallest absolute Gasteiger partial charge is 0.0620 e. The maximum atomic E-state index is 2.48. The van der Waals surface area contributed by atoms with E-state index >= 15 is 0 Å². The fourth-order valence-electron chi connectivity index (χ4n) is 9.92. The molecule has 0 aliphatic rings. The van der Waals surface area contributed by atoms with Gasteiger partial charge in [0.05, 0.1) is 38.6 Å². The molecule has 9 aromatic carbocycles. The van der Waals surface area contributed by atoms with Crippen molar-refractivity contribution in [3.05, 3.63) is 200 Å². The van der Waals surface area contributed by atoms with E-state index in [1.807, 2.05) is 0 Å². The number of nitrogens with zero attached hydrogens (tertiary/aromatic N) is 3. The Hall–Kier alpha value is -7.62. The van der Waals surface area contributed by atoms with Crippen LogP contribution in [0.4, 0.5) is 0 Å². The molecule has 0 radical (unpaired) electrons. The lowest BCUT2D eigenvalue weighted by molar-refractivity contribution is 1.17. The molecule has 0 atom stereocenters. The van der Waals surface area contributed by atoms with Crippen molar-refractivity contribution in [3.8, 4) is 33.6 Å². The van der Waals surface area contributed by atoms with Crippen LogP contribution in [0.3, 0.4) is 0 Å². The summed E-state index contributed by atoms with van der Waals surface area (Å²) in [5.74, 6) is 0. The Kier molecular flexibility index (Phi) is 6.16. The fourth-order valence-corrected chi connectivity index (χ4v) is 9.92. The van der Waals surface area contributed by atoms with Crippen molar-refractivity contribution < 1.29 is 0 Å². The van der Waals surface area contributed by atoms with Crippen LogP contribution in [0.5, 0.6) is 0 Å². The average Bonchev–Trinajstić information content (AvgIpc) is 4.01. The third kappa shape index (κ3) is 4.20. The summed E-state index contributed by atoms with van der Waals surface area (Å²) in [4.78, 5) is 0. The van der Waals surface area contributed by atoms with Gasteiger partial charge in [0, 0.05) is 54.5 Å². The maximum absolute atomic E-state index is 2.48. The lowest BCUT2D eigenvalue weighted by Crippen LogP contribution is -1.95. The molecule has 13 aromatic rings. The van der Waals surface area contributed by atoms with E-state index in [4.69, 9.17) is 0 Å². The molecule has 0 saturated carbocycles. The van der Waals surface area contributed by atoms with E-state index in [-0.39, 0.29) is 0 Å². The molecule has 4 aromatic heterocycles. The van der Waals surface area contributed by atoms with Crippen LogP contribution in [-0.2, 0) is 0 Å². The van der Waals surface area contributed by atoms with Gasteiger partial charge >= 0.3 is 0 Å². The summed E-state index contributed by atoms with van der Waals surface area (Å²) >= 11 is 0. The summed E-state index contributed by atoms with van der Waals surface area (Å²) in [6.07, 6.45) is 0. The molecular formula is C54H33N3. The molecule has 0 aliphatic carbocycles. The standard InChI is InChI=1S/C54H33N3/c1-2-11-34(12-3-1)35-21-23-36(24-22-35)37-25-27-38(28-26-37)55-47-19-8-5-14-44(47)52-49(55)31-32-50-53(52)45-15-6-9-20-48(45)56(50)39-29-30-41-43-17-10-16-42-40-13-4-7-18-46(40)57(54(42)43)51(41)33-39/h1-33H. The fraction of sp³-hybridized carbons (Fsp3) is 0. The molecule has 13 rings (SSSR count). The Morgan fingerprint density at radius 3 is 1.30 bits per heavy atom. The van der Waals surface area contributed by atoms with E-state index in [0.29, 0.717) is 0 Å². The first-order valence-electron chi connectivity index (χ1n) is 19.7. The van der Waals surface area contributed by atoms with E-state index in [2.05, 4.69) is 214 Å². The van der Waals surface area contributed by atoms with Gasteiger partial charge in [0.25, 0.3) is 0 Å². The van der Waals surface area contributed by atoms with Crippen LogP contribution < -0.4 is 0 Å². The SMILES string of the molecule is c1ccc(-c2ccc(-c3ccc(-n4c5ccccc5c5c6c7ccccc7n(-c7ccc8c9cccc%10c%11ccccc%11n(c8c7)c%109)c6ccc54)cc3)cc2)cc1. The van der Waals surface area contributed by atoms with Gasteiger partial charge in [0.2, 0.25) is 0 Å². The first-order chi connectivity index (χ1) is 28.3. The second-order valence-corrected chi connectivity index (χ2v) is 15.3. The van der Waals surface area contributed by atoms with Gasteiger partial charge in [-0.1, -0.05) is 146 Å². The van der Waals surface area contributed by atoms with Crippen molar-refractivity contribution in [1.82, 2.24) is 13.5 Å². The Bertz CT molecular complexity index is 3710. The Balaban J connectivity index is 1.01. The Morgan fingerprint density at radius 2 is 0.684 bits per heavy atom. The molecule has 0 bridgehead atoms. The van der Waals surface area contributed by atoms with Crippen LogP contribution in [0.2, 0.25) is 0 Å². The molecule has 0 unspecified atom stereocenters. The predicted octanol–water partition coefficient (Wildman–Crippen LogP) is 14.4. The zero-order chi connectivity index (χ0) is 37.2. The van der Waals surface area contributed by atoms with Crippen LogP contribution >= 0.6 is 0 Å². The molecule has 264 valence electrons. The van der Waals surface area contributed by atoms with Crippen molar-refractivity contribution in [2.75, 3.05) is 0 Å². The Labute approximate surface area is 327 Å². The number of fused-ring (bicyclic) bond motifs is 13. The summed E-state index contributed by atoms with van der Waals surface area (Å²) in [5, 5.41) is 10.3. The zero-order valence-corrected chi connectivity index (χ0v) is 30.9. The van der Waals surface area contributed by atoms with Crippen molar-refractivity contribution in [2.45, 2.75) is 0 Å². The van der Waals surface area contributed by atoms with Crippen LogP contribution in [-0.4, -0.2) is 13.5 Å². The summed E-state index contributed by atoms with van der Waals surface area (Å²) < 4.78 is 7.39. The van der Waals surface area contributed by atoms with Crippen molar-refractivity contribution >= 4 is 81.7 Å². The highest BCUT2D eigenvalue weighted by Crippen LogP contribution is 2.44. The number of para-hydroxylation sites is 4. The molecule has 4 heterocycles. The van der Waals surface area contributed by atoms with Crippen LogP contribution in [0.1, 0.15) is 0 Å². The van der Waals surface area contributed by atoms with Crippen molar-refractivity contribution in [2.24, 2.45) is 0 Å². The molecule has 57 heavy (non-hydrogen) atoms. The van der Waals surface area contributed by atoms with E-state index in [9.17, 15) is 0 Å². The molecule has 3 nitrogen and oxygen atoms in total. The minimum Gasteiger partial charge on any atom is -0.309 e. The number of hydrogen-bond donors (Lipinski definition) is 0. The predicted molar refractivity (Wildman–Crippen MR) is 241 cm³/mol. The monoisotopic (exact) mass is 723 g/mol. The lowest BCUT2D eigenvalue weighted by Gasteiger charge is -2.11. The van der Waals surface area contributed by atoms with E-state index in [0.717, 1.165) is 11.4 Å². The van der Waals surface area contributed by atoms with Crippen LogP contribution in [0, 0.1) is 0 Å². The summed E-state index contributed by atoms with van der Waals surface area (Å²) in [7, 11) is 0. The molecule has 0 fully saturated rings. The van der Waals surface area contributed by atoms with Gasteiger partial charge in [0.1, 0.15) is 0 Å². The third-order valence-electron chi connectivity index (χ3n) is 12.4. The van der Waals surface area contributed by atoms with E-state index < -0.39 is 0 Å².